The number of rotatable bonds is 5. The van der Waals surface area contributed by atoms with Gasteiger partial charge in [-0.15, -0.1) is 0 Å². The van der Waals surface area contributed by atoms with Crippen molar-refractivity contribution >= 4 is 22.8 Å². The van der Waals surface area contributed by atoms with Gasteiger partial charge < -0.3 is 20.1 Å². The Hall–Kier alpha value is -3.73. The first-order valence-corrected chi connectivity index (χ1v) is 11.1. The summed E-state index contributed by atoms with van der Waals surface area (Å²) in [6.07, 6.45) is -3.61. The number of aromatic nitrogens is 2. The Kier molecular flexibility index (Phi) is 7.54. The monoisotopic (exact) mass is 505 g/mol. The van der Waals surface area contributed by atoms with E-state index in [4.69, 9.17) is 25.4 Å². The number of ether oxygens (including phenoxy) is 1. The van der Waals surface area contributed by atoms with Gasteiger partial charge >= 0.3 is 18.1 Å². The first-order valence-electron chi connectivity index (χ1n) is 11.1. The molecule has 0 spiro atoms. The number of aliphatic carboxylic acids is 1. The first kappa shape index (κ1) is 26.9. The van der Waals surface area contributed by atoms with Crippen molar-refractivity contribution in [3.8, 4) is 11.4 Å². The van der Waals surface area contributed by atoms with Gasteiger partial charge in [0.05, 0.1) is 30.1 Å². The zero-order chi connectivity index (χ0) is 26.8. The molecular formula is C25H26F3N3O5. The van der Waals surface area contributed by atoms with Crippen molar-refractivity contribution in [2.75, 3.05) is 6.61 Å². The predicted octanol–water partition coefficient (Wildman–Crippen LogP) is 3.58. The van der Waals surface area contributed by atoms with Gasteiger partial charge in [-0.25, -0.2) is 9.78 Å². The molecule has 0 amide bonds. The quantitative estimate of drug-likeness (QED) is 0.314. The molecule has 0 saturated heterocycles. The third-order valence-electron chi connectivity index (χ3n) is 5.56. The Morgan fingerprint density at radius 3 is 2.47 bits per heavy atom. The molecule has 4 rings (SSSR count). The van der Waals surface area contributed by atoms with Crippen LogP contribution >= 0.6 is 0 Å². The molecule has 3 N–H and O–H groups in total. The van der Waals surface area contributed by atoms with Crippen molar-refractivity contribution in [1.82, 2.24) is 9.55 Å². The molecule has 8 nitrogen and oxygen atoms in total. The normalized spacial score (nSPS) is 12.4. The van der Waals surface area contributed by atoms with E-state index in [1.165, 1.54) is 0 Å². The molecule has 2 aromatic heterocycles. The summed E-state index contributed by atoms with van der Waals surface area (Å²) in [6.45, 7) is 5.98. The lowest BCUT2D eigenvalue weighted by Gasteiger charge is -2.16. The van der Waals surface area contributed by atoms with Crippen molar-refractivity contribution < 1.29 is 32.6 Å². The number of hydrogen-bond donors (Lipinski definition) is 2. The van der Waals surface area contributed by atoms with E-state index < -0.39 is 23.7 Å². The van der Waals surface area contributed by atoms with E-state index in [0.717, 1.165) is 45.4 Å². The first-order chi connectivity index (χ1) is 16.7. The molecule has 3 aromatic rings. The van der Waals surface area contributed by atoms with Gasteiger partial charge in [-0.2, -0.15) is 13.2 Å². The SMILES string of the molecule is Cc1ccc2n(c1=O)Cc1cc3c(CCCOC(=O)C(C)(C)N)cccc3nc1-2.O=C(O)C(F)(F)F. The third kappa shape index (κ3) is 5.91. The summed E-state index contributed by atoms with van der Waals surface area (Å²) in [5, 5.41) is 8.20. The second-order valence-corrected chi connectivity index (χ2v) is 9.04. The lowest BCUT2D eigenvalue weighted by molar-refractivity contribution is -0.192. The van der Waals surface area contributed by atoms with E-state index >= 15 is 0 Å². The minimum atomic E-state index is -5.08. The van der Waals surface area contributed by atoms with E-state index in [-0.39, 0.29) is 5.56 Å². The lowest BCUT2D eigenvalue weighted by Crippen LogP contribution is -2.42. The van der Waals surface area contributed by atoms with Gasteiger partial charge in [0.2, 0.25) is 0 Å². The van der Waals surface area contributed by atoms with Crippen LogP contribution in [0.2, 0.25) is 0 Å². The summed E-state index contributed by atoms with van der Waals surface area (Å²) in [6, 6.07) is 12.0. The number of hydrogen-bond acceptors (Lipinski definition) is 6. The number of nitrogens with zero attached hydrogens (tertiary/aromatic N) is 2. The van der Waals surface area contributed by atoms with Crippen LogP contribution < -0.4 is 11.3 Å². The molecular weight excluding hydrogens is 479 g/mol. The van der Waals surface area contributed by atoms with Crippen molar-refractivity contribution in [2.24, 2.45) is 5.73 Å². The number of carboxylic acid groups (broad SMARTS) is 1. The van der Waals surface area contributed by atoms with Crippen LogP contribution in [0.15, 0.2) is 41.2 Å². The minimum absolute atomic E-state index is 0.0365. The van der Waals surface area contributed by atoms with Crippen molar-refractivity contribution in [3.05, 3.63) is 63.4 Å². The number of alkyl halides is 3. The number of carboxylic acids is 1. The van der Waals surface area contributed by atoms with Crippen LogP contribution in [0.5, 0.6) is 0 Å². The highest BCUT2D eigenvalue weighted by Crippen LogP contribution is 2.32. The fraction of sp³-hybridized carbons (Fsp3) is 0.360. The fourth-order valence-corrected chi connectivity index (χ4v) is 3.69. The zero-order valence-electron chi connectivity index (χ0n) is 20.0. The Balaban J connectivity index is 0.000000454. The van der Waals surface area contributed by atoms with Gasteiger partial charge in [-0.1, -0.05) is 18.2 Å². The molecule has 0 radical (unpaired) electrons. The molecule has 0 saturated carbocycles. The average molecular weight is 505 g/mol. The Morgan fingerprint density at radius 1 is 1.19 bits per heavy atom. The number of halogens is 3. The number of benzene rings is 1. The predicted molar refractivity (Wildman–Crippen MR) is 127 cm³/mol. The molecule has 1 aliphatic heterocycles. The summed E-state index contributed by atoms with van der Waals surface area (Å²) >= 11 is 0. The largest absolute Gasteiger partial charge is 0.490 e. The molecule has 1 aliphatic rings. The number of fused-ring (bicyclic) bond motifs is 4. The van der Waals surface area contributed by atoms with E-state index in [9.17, 15) is 22.8 Å². The number of nitrogens with two attached hydrogens (primary N) is 1. The summed E-state index contributed by atoms with van der Waals surface area (Å²) in [5.74, 6) is -3.15. The number of carbonyl (C=O) groups excluding carboxylic acids is 1. The molecule has 192 valence electrons. The van der Waals surface area contributed by atoms with Crippen LogP contribution in [0.25, 0.3) is 22.3 Å². The van der Waals surface area contributed by atoms with Crippen molar-refractivity contribution in [3.63, 3.8) is 0 Å². The van der Waals surface area contributed by atoms with Gasteiger partial charge in [0, 0.05) is 16.5 Å². The van der Waals surface area contributed by atoms with Crippen LogP contribution in [-0.4, -0.2) is 44.9 Å². The van der Waals surface area contributed by atoms with E-state index in [1.807, 2.05) is 31.2 Å². The van der Waals surface area contributed by atoms with Crippen molar-refractivity contribution in [2.45, 2.75) is 51.9 Å². The maximum atomic E-state index is 12.5. The van der Waals surface area contributed by atoms with E-state index in [0.29, 0.717) is 19.6 Å². The number of pyridine rings is 2. The molecule has 0 aliphatic carbocycles. The Bertz CT molecular complexity index is 1370. The topological polar surface area (TPSA) is 125 Å². The molecule has 0 atom stereocenters. The molecule has 0 unspecified atom stereocenters. The smallest absolute Gasteiger partial charge is 0.475 e. The van der Waals surface area contributed by atoms with E-state index in [2.05, 4.69) is 12.1 Å². The summed E-state index contributed by atoms with van der Waals surface area (Å²) in [4.78, 5) is 38.0. The van der Waals surface area contributed by atoms with Gasteiger partial charge in [0.25, 0.3) is 5.56 Å². The van der Waals surface area contributed by atoms with Crippen LogP contribution in [0.4, 0.5) is 13.2 Å². The Labute approximate surface area is 204 Å². The molecule has 1 aromatic carbocycles. The molecule has 11 heteroatoms. The second-order valence-electron chi connectivity index (χ2n) is 9.04. The third-order valence-corrected chi connectivity index (χ3v) is 5.56. The highest BCUT2D eigenvalue weighted by atomic mass is 19.4. The molecule has 0 fully saturated rings. The van der Waals surface area contributed by atoms with Crippen molar-refractivity contribution in [1.29, 1.82) is 0 Å². The Morgan fingerprint density at radius 2 is 1.86 bits per heavy atom. The van der Waals surface area contributed by atoms with Gasteiger partial charge in [0.1, 0.15) is 5.54 Å². The molecule has 36 heavy (non-hydrogen) atoms. The van der Waals surface area contributed by atoms with Gasteiger partial charge in [-0.05, 0) is 57.4 Å². The lowest BCUT2D eigenvalue weighted by atomic mass is 10.0. The standard InChI is InChI=1S/C23H25N3O3.C2HF3O2/c1-14-9-10-19-20-16(13-26(19)21(14)27)12-17-15(6-4-8-18(17)25-20)7-5-11-29-22(28)23(2,3)24;3-2(4,5)1(6)7/h4,6,8-10,12H,5,7,11,13,24H2,1-3H3;(H,6,7). The van der Waals surface area contributed by atoms with Crippen LogP contribution in [0, 0.1) is 6.92 Å². The van der Waals surface area contributed by atoms with Crippen LogP contribution in [-0.2, 0) is 27.3 Å². The summed E-state index contributed by atoms with van der Waals surface area (Å²) < 4.78 is 38.8. The second kappa shape index (κ2) is 10.1. The minimum Gasteiger partial charge on any atom is -0.475 e. The van der Waals surface area contributed by atoms with Gasteiger partial charge in [-0.3, -0.25) is 9.59 Å². The highest BCUT2D eigenvalue weighted by Gasteiger charge is 2.38. The number of aryl methyl sites for hydroxylation is 2. The highest BCUT2D eigenvalue weighted by molar-refractivity contribution is 5.86. The summed E-state index contributed by atoms with van der Waals surface area (Å²) in [7, 11) is 0. The number of carbonyl (C=O) groups is 2. The average Bonchev–Trinajstić information content (AvgIpc) is 3.15. The van der Waals surface area contributed by atoms with Crippen LogP contribution in [0.1, 0.15) is 37.0 Å². The fourth-order valence-electron chi connectivity index (χ4n) is 3.69. The maximum absolute atomic E-state index is 12.5. The zero-order valence-corrected chi connectivity index (χ0v) is 20.0. The van der Waals surface area contributed by atoms with Gasteiger partial charge in [0.15, 0.2) is 0 Å². The summed E-state index contributed by atoms with van der Waals surface area (Å²) in [5.41, 5.74) is 10.4. The molecule has 0 bridgehead atoms. The molecule has 3 heterocycles. The van der Waals surface area contributed by atoms with Crippen LogP contribution in [0.3, 0.4) is 0 Å². The van der Waals surface area contributed by atoms with E-state index in [1.54, 1.807) is 18.4 Å². The number of esters is 1. The maximum Gasteiger partial charge on any atom is 0.490 e.